The molecule has 0 amide bonds. The number of carbonyl (C=O) groups is 1. The van der Waals surface area contributed by atoms with Crippen molar-refractivity contribution in [1.29, 1.82) is 0 Å². The van der Waals surface area contributed by atoms with Gasteiger partial charge in [-0.25, -0.2) is 0 Å². The number of aldehydes is 1. The minimum absolute atomic E-state index is 0.432. The molecule has 0 radical (unpaired) electrons. The summed E-state index contributed by atoms with van der Waals surface area (Å²) in [6.07, 6.45) is 0.765. The van der Waals surface area contributed by atoms with Gasteiger partial charge in [0.05, 0.1) is 18.8 Å². The molecular formula is C11H12O4. The third-order valence-electron chi connectivity index (χ3n) is 2.10. The summed E-state index contributed by atoms with van der Waals surface area (Å²) in [6.45, 7) is 1.95. The molecule has 1 aliphatic heterocycles. The summed E-state index contributed by atoms with van der Waals surface area (Å²) in [5.74, 6) is 1.11. The normalized spacial score (nSPS) is 16.0. The maximum Gasteiger partial charge on any atom is 0.171 e. The molecule has 1 aromatic carbocycles. The van der Waals surface area contributed by atoms with E-state index < -0.39 is 0 Å². The fraction of sp³-hybridized carbons (Fsp3) is 0.364. The van der Waals surface area contributed by atoms with E-state index in [4.69, 9.17) is 14.2 Å². The van der Waals surface area contributed by atoms with Crippen molar-refractivity contribution in [3.05, 3.63) is 23.8 Å². The van der Waals surface area contributed by atoms with Gasteiger partial charge < -0.3 is 14.2 Å². The monoisotopic (exact) mass is 208 g/mol. The van der Waals surface area contributed by atoms with Crippen LogP contribution in [0.2, 0.25) is 0 Å². The highest BCUT2D eigenvalue weighted by atomic mass is 16.6. The first-order valence-electron chi connectivity index (χ1n) is 4.83. The second-order valence-corrected chi connectivity index (χ2v) is 3.10. The van der Waals surface area contributed by atoms with Crippen LogP contribution in [0.5, 0.6) is 11.5 Å². The molecule has 0 aromatic heterocycles. The molecule has 1 aliphatic rings. The van der Waals surface area contributed by atoms with Gasteiger partial charge in [0, 0.05) is 0 Å². The zero-order valence-electron chi connectivity index (χ0n) is 8.27. The highest BCUT2D eigenvalue weighted by molar-refractivity contribution is 5.81. The van der Waals surface area contributed by atoms with Crippen LogP contribution in [-0.4, -0.2) is 32.7 Å². The van der Waals surface area contributed by atoms with E-state index in [1.54, 1.807) is 18.2 Å². The molecule has 1 aromatic rings. The van der Waals surface area contributed by atoms with E-state index in [1.807, 2.05) is 0 Å². The highest BCUT2D eigenvalue weighted by Gasteiger charge is 2.12. The predicted molar refractivity (Wildman–Crippen MR) is 53.6 cm³/mol. The Kier molecular flexibility index (Phi) is 3.19. The first kappa shape index (κ1) is 9.98. The van der Waals surface area contributed by atoms with E-state index >= 15 is 0 Å². The van der Waals surface area contributed by atoms with Crippen molar-refractivity contribution in [3.8, 4) is 11.5 Å². The summed E-state index contributed by atoms with van der Waals surface area (Å²) in [6, 6.07) is 5.26. The van der Waals surface area contributed by atoms with Crippen LogP contribution in [0.3, 0.4) is 0 Å². The number of hydrogen-bond acceptors (Lipinski definition) is 4. The van der Waals surface area contributed by atoms with Crippen LogP contribution in [0, 0.1) is 0 Å². The first-order chi connectivity index (χ1) is 7.42. The maximum absolute atomic E-state index is 10.8. The second-order valence-electron chi connectivity index (χ2n) is 3.10. The Morgan fingerprint density at radius 1 is 1.07 bits per heavy atom. The molecule has 0 saturated heterocycles. The lowest BCUT2D eigenvalue weighted by molar-refractivity contribution is 0.0875. The van der Waals surface area contributed by atoms with Gasteiger partial charge in [-0.15, -0.1) is 0 Å². The smallest absolute Gasteiger partial charge is 0.171 e. The first-order valence-corrected chi connectivity index (χ1v) is 4.83. The third-order valence-corrected chi connectivity index (χ3v) is 2.10. The minimum atomic E-state index is 0.432. The number of rotatable bonds is 1. The van der Waals surface area contributed by atoms with Crippen molar-refractivity contribution in [2.24, 2.45) is 0 Å². The lowest BCUT2D eigenvalue weighted by Crippen LogP contribution is -2.08. The summed E-state index contributed by atoms with van der Waals surface area (Å²) in [4.78, 5) is 10.8. The lowest BCUT2D eigenvalue weighted by Gasteiger charge is -2.11. The molecular weight excluding hydrogens is 196 g/mol. The molecule has 15 heavy (non-hydrogen) atoms. The largest absolute Gasteiger partial charge is 0.487 e. The fourth-order valence-electron chi connectivity index (χ4n) is 1.41. The molecule has 80 valence electrons. The molecule has 0 atom stereocenters. The van der Waals surface area contributed by atoms with Gasteiger partial charge in [-0.1, -0.05) is 6.07 Å². The van der Waals surface area contributed by atoms with E-state index in [1.165, 1.54) is 0 Å². The van der Waals surface area contributed by atoms with Crippen molar-refractivity contribution >= 4 is 6.29 Å². The van der Waals surface area contributed by atoms with Crippen LogP contribution in [0.25, 0.3) is 0 Å². The lowest BCUT2D eigenvalue weighted by atomic mass is 10.2. The Hall–Kier alpha value is -1.55. The van der Waals surface area contributed by atoms with Crippen LogP contribution in [0.1, 0.15) is 10.4 Å². The molecule has 4 heteroatoms. The Labute approximate surface area is 87.8 Å². The second kappa shape index (κ2) is 4.79. The number of ether oxygens (including phenoxy) is 3. The maximum atomic E-state index is 10.8. The van der Waals surface area contributed by atoms with E-state index in [2.05, 4.69) is 0 Å². The molecule has 0 fully saturated rings. The number of fused-ring (bicyclic) bond motifs is 1. The van der Waals surface area contributed by atoms with Crippen LogP contribution in [-0.2, 0) is 4.74 Å². The molecule has 0 aliphatic carbocycles. The van der Waals surface area contributed by atoms with Crippen molar-refractivity contribution in [1.82, 2.24) is 0 Å². The topological polar surface area (TPSA) is 44.8 Å². The Balaban J connectivity index is 2.32. The molecule has 0 spiro atoms. The Morgan fingerprint density at radius 3 is 2.67 bits per heavy atom. The van der Waals surface area contributed by atoms with Gasteiger partial charge in [-0.05, 0) is 12.1 Å². The van der Waals surface area contributed by atoms with Crippen LogP contribution in [0.4, 0.5) is 0 Å². The summed E-state index contributed by atoms with van der Waals surface area (Å²) in [5.41, 5.74) is 0.509. The highest BCUT2D eigenvalue weighted by Crippen LogP contribution is 2.30. The molecule has 1 heterocycles. The van der Waals surface area contributed by atoms with Gasteiger partial charge in [-0.2, -0.15) is 0 Å². The average Bonchev–Trinajstić information content (AvgIpc) is 2.39. The third kappa shape index (κ3) is 2.27. The van der Waals surface area contributed by atoms with E-state index in [9.17, 15) is 4.79 Å². The van der Waals surface area contributed by atoms with Crippen molar-refractivity contribution in [2.45, 2.75) is 0 Å². The van der Waals surface area contributed by atoms with Gasteiger partial charge in [0.15, 0.2) is 17.8 Å². The van der Waals surface area contributed by atoms with Crippen LogP contribution < -0.4 is 9.47 Å². The standard InChI is InChI=1S/C11H12O4/c12-8-9-2-1-3-10-11(9)15-7-5-13-4-6-14-10/h1-3,8H,4-7H2. The summed E-state index contributed by atoms with van der Waals surface area (Å²) >= 11 is 0. The minimum Gasteiger partial charge on any atom is -0.487 e. The average molecular weight is 208 g/mol. The Bertz CT molecular complexity index is 348. The molecule has 2 rings (SSSR count). The molecule has 0 unspecified atom stereocenters. The number of para-hydroxylation sites is 1. The zero-order valence-corrected chi connectivity index (χ0v) is 8.27. The van der Waals surface area contributed by atoms with Gasteiger partial charge in [0.25, 0.3) is 0 Å². The number of benzene rings is 1. The number of carbonyl (C=O) groups excluding carboxylic acids is 1. The van der Waals surface area contributed by atoms with Crippen LogP contribution in [0.15, 0.2) is 18.2 Å². The summed E-state index contributed by atoms with van der Waals surface area (Å²) in [7, 11) is 0. The van der Waals surface area contributed by atoms with Crippen LogP contribution >= 0.6 is 0 Å². The van der Waals surface area contributed by atoms with Crippen molar-refractivity contribution in [2.75, 3.05) is 26.4 Å². The Morgan fingerprint density at radius 2 is 1.87 bits per heavy atom. The zero-order chi connectivity index (χ0) is 10.5. The predicted octanol–water partition coefficient (Wildman–Crippen LogP) is 1.29. The van der Waals surface area contributed by atoms with E-state index in [-0.39, 0.29) is 0 Å². The quantitative estimate of drug-likeness (QED) is 0.652. The van der Waals surface area contributed by atoms with E-state index in [0.29, 0.717) is 43.5 Å². The van der Waals surface area contributed by atoms with Gasteiger partial charge in [0.1, 0.15) is 13.2 Å². The molecule has 4 nitrogen and oxygen atoms in total. The number of hydrogen-bond donors (Lipinski definition) is 0. The molecule has 0 bridgehead atoms. The molecule has 0 saturated carbocycles. The van der Waals surface area contributed by atoms with Crippen molar-refractivity contribution < 1.29 is 19.0 Å². The van der Waals surface area contributed by atoms with E-state index in [0.717, 1.165) is 6.29 Å². The van der Waals surface area contributed by atoms with Crippen molar-refractivity contribution in [3.63, 3.8) is 0 Å². The SMILES string of the molecule is O=Cc1cccc2c1OCCOCCO2. The fourth-order valence-corrected chi connectivity index (χ4v) is 1.41. The van der Waals surface area contributed by atoms with Gasteiger partial charge in [0.2, 0.25) is 0 Å². The van der Waals surface area contributed by atoms with Gasteiger partial charge in [-0.3, -0.25) is 4.79 Å². The summed E-state index contributed by atoms with van der Waals surface area (Å²) < 4.78 is 16.1. The molecule has 0 N–H and O–H groups in total. The van der Waals surface area contributed by atoms with Gasteiger partial charge >= 0.3 is 0 Å². The summed E-state index contributed by atoms with van der Waals surface area (Å²) in [5, 5.41) is 0.